The van der Waals surface area contributed by atoms with E-state index >= 15 is 0 Å². The number of piperidine rings is 1. The molecule has 1 fully saturated rings. The van der Waals surface area contributed by atoms with Gasteiger partial charge in [0.15, 0.2) is 0 Å². The van der Waals surface area contributed by atoms with E-state index in [1.165, 1.54) is 0 Å². The minimum absolute atomic E-state index is 0.156. The van der Waals surface area contributed by atoms with Gasteiger partial charge in [-0.15, -0.1) is 0 Å². The Hall–Kier alpha value is -2.38. The van der Waals surface area contributed by atoms with Crippen LogP contribution in [0.3, 0.4) is 0 Å². The molecule has 1 aliphatic rings. The summed E-state index contributed by atoms with van der Waals surface area (Å²) < 4.78 is 10.3. The van der Waals surface area contributed by atoms with Gasteiger partial charge in [-0.1, -0.05) is 17.3 Å². The molecule has 1 aromatic carbocycles. The second-order valence-electron chi connectivity index (χ2n) is 7.06. The highest BCUT2D eigenvalue weighted by Gasteiger charge is 2.34. The number of likely N-dealkylation sites (tertiary alicyclic amines) is 1. The number of rotatable bonds is 6. The highest BCUT2D eigenvalue weighted by Crippen LogP contribution is 2.34. The molecular weight excluding hydrogens is 346 g/mol. The second kappa shape index (κ2) is 8.10. The third-order valence-corrected chi connectivity index (χ3v) is 5.26. The van der Waals surface area contributed by atoms with Crippen molar-refractivity contribution < 1.29 is 19.2 Å². The van der Waals surface area contributed by atoms with Crippen LogP contribution in [0.5, 0.6) is 5.75 Å². The van der Waals surface area contributed by atoms with Crippen molar-refractivity contribution in [3.63, 3.8) is 0 Å². The zero-order valence-corrected chi connectivity index (χ0v) is 16.1. The van der Waals surface area contributed by atoms with Gasteiger partial charge in [0.05, 0.1) is 18.4 Å². The summed E-state index contributed by atoms with van der Waals surface area (Å²) in [7, 11) is 1.63. The van der Waals surface area contributed by atoms with Crippen LogP contribution in [0.2, 0.25) is 0 Å². The van der Waals surface area contributed by atoms with E-state index in [1.54, 1.807) is 21.0 Å². The van der Waals surface area contributed by atoms with Gasteiger partial charge in [0, 0.05) is 26.2 Å². The van der Waals surface area contributed by atoms with Crippen LogP contribution in [0.25, 0.3) is 0 Å². The van der Waals surface area contributed by atoms with Gasteiger partial charge in [0.1, 0.15) is 17.1 Å². The average Bonchev–Trinajstić information content (AvgIpc) is 3.02. The number of hydrogen-bond donors (Lipinski definition) is 2. The smallest absolute Gasteiger partial charge is 0.256 e. The van der Waals surface area contributed by atoms with Gasteiger partial charge in [-0.05, 0) is 44.4 Å². The molecule has 0 atom stereocenters. The lowest BCUT2D eigenvalue weighted by molar-refractivity contribution is -0.0256. The molecule has 0 aliphatic carbocycles. The Morgan fingerprint density at radius 3 is 2.74 bits per heavy atom. The van der Waals surface area contributed by atoms with Crippen molar-refractivity contribution in [2.75, 3.05) is 33.3 Å². The molecule has 2 N–H and O–H groups in total. The maximum Gasteiger partial charge on any atom is 0.256 e. The fourth-order valence-corrected chi connectivity index (χ4v) is 3.57. The Morgan fingerprint density at radius 1 is 1.37 bits per heavy atom. The number of aromatic nitrogens is 1. The zero-order valence-electron chi connectivity index (χ0n) is 16.1. The Bertz CT molecular complexity index is 775. The van der Waals surface area contributed by atoms with Gasteiger partial charge in [-0.3, -0.25) is 4.79 Å². The normalized spacial score (nSPS) is 16.9. The summed E-state index contributed by atoms with van der Waals surface area (Å²) in [6.07, 6.45) is 1.30. The van der Waals surface area contributed by atoms with Crippen LogP contribution in [0.1, 0.15) is 40.2 Å². The molecule has 2 heterocycles. The number of methoxy groups -OCH3 is 1. The van der Waals surface area contributed by atoms with Crippen molar-refractivity contribution in [2.24, 2.45) is 0 Å². The third kappa shape index (κ3) is 4.31. The van der Waals surface area contributed by atoms with Gasteiger partial charge < -0.3 is 24.6 Å². The quantitative estimate of drug-likeness (QED) is 0.805. The van der Waals surface area contributed by atoms with Crippen LogP contribution >= 0.6 is 0 Å². The zero-order chi connectivity index (χ0) is 19.4. The number of hydrogen-bond acceptors (Lipinski definition) is 6. The summed E-state index contributed by atoms with van der Waals surface area (Å²) in [5, 5.41) is 17.7. The van der Waals surface area contributed by atoms with E-state index in [0.717, 1.165) is 30.9 Å². The Labute approximate surface area is 159 Å². The number of carbonyl (C=O) groups excluding carboxylic acids is 1. The molecule has 0 saturated carbocycles. The molecule has 1 aromatic heterocycles. The van der Waals surface area contributed by atoms with E-state index in [0.29, 0.717) is 36.4 Å². The lowest BCUT2D eigenvalue weighted by Gasteiger charge is -2.38. The predicted molar refractivity (Wildman–Crippen MR) is 101 cm³/mol. The summed E-state index contributed by atoms with van der Waals surface area (Å²) in [6, 6.07) is 7.63. The van der Waals surface area contributed by atoms with Crippen molar-refractivity contribution >= 4 is 5.91 Å². The minimum atomic E-state index is -0.828. The monoisotopic (exact) mass is 373 g/mol. The van der Waals surface area contributed by atoms with Crippen LogP contribution < -0.4 is 10.1 Å². The van der Waals surface area contributed by atoms with E-state index in [-0.39, 0.29) is 5.91 Å². The largest absolute Gasteiger partial charge is 0.497 e. The first-order valence-corrected chi connectivity index (χ1v) is 9.23. The topological polar surface area (TPSA) is 87.8 Å². The highest BCUT2D eigenvalue weighted by molar-refractivity contribution is 5.96. The van der Waals surface area contributed by atoms with Gasteiger partial charge in [-0.2, -0.15) is 0 Å². The van der Waals surface area contributed by atoms with Crippen molar-refractivity contribution in [3.8, 4) is 5.75 Å². The lowest BCUT2D eigenvalue weighted by atomic mass is 9.84. The number of nitrogens with one attached hydrogen (secondary N) is 1. The first-order chi connectivity index (χ1) is 12.9. The maximum atomic E-state index is 12.3. The summed E-state index contributed by atoms with van der Waals surface area (Å²) in [4.78, 5) is 14.5. The number of ether oxygens (including phenoxy) is 1. The number of nitrogens with zero attached hydrogens (tertiary/aromatic N) is 2. The molecule has 1 aliphatic heterocycles. The predicted octanol–water partition coefficient (Wildman–Crippen LogP) is 2.01. The molecular formula is C20H27N3O4. The molecule has 7 nitrogen and oxygen atoms in total. The Kier molecular flexibility index (Phi) is 5.82. The van der Waals surface area contributed by atoms with Crippen molar-refractivity contribution in [1.29, 1.82) is 0 Å². The number of benzene rings is 1. The maximum absolute atomic E-state index is 12.3. The van der Waals surface area contributed by atoms with Crippen LogP contribution in [0.15, 0.2) is 28.8 Å². The van der Waals surface area contributed by atoms with E-state index in [1.807, 2.05) is 24.3 Å². The SMILES string of the molecule is COc1cccc(C2(O)CCN(CCNC(=O)c3c(C)noc3C)CC2)c1. The fourth-order valence-electron chi connectivity index (χ4n) is 3.57. The average molecular weight is 373 g/mol. The van der Waals surface area contributed by atoms with Gasteiger partial charge in [0.2, 0.25) is 0 Å². The van der Waals surface area contributed by atoms with Crippen LogP contribution in [0.4, 0.5) is 0 Å². The van der Waals surface area contributed by atoms with Gasteiger partial charge in [0.25, 0.3) is 5.91 Å². The van der Waals surface area contributed by atoms with Crippen LogP contribution in [-0.2, 0) is 5.60 Å². The standard InChI is InChI=1S/C20H27N3O4/c1-14-18(15(2)27-22-14)19(24)21-9-12-23-10-7-20(25,8-11-23)16-5-4-6-17(13-16)26-3/h4-6,13,25H,7-12H2,1-3H3,(H,21,24). The van der Waals surface area contributed by atoms with E-state index < -0.39 is 5.60 Å². The summed E-state index contributed by atoms with van der Waals surface area (Å²) in [6.45, 7) is 6.32. The van der Waals surface area contributed by atoms with E-state index in [9.17, 15) is 9.90 Å². The molecule has 1 saturated heterocycles. The van der Waals surface area contributed by atoms with E-state index in [4.69, 9.17) is 9.26 Å². The molecule has 27 heavy (non-hydrogen) atoms. The molecule has 146 valence electrons. The fraction of sp³-hybridized carbons (Fsp3) is 0.500. The van der Waals surface area contributed by atoms with Gasteiger partial charge >= 0.3 is 0 Å². The molecule has 0 spiro atoms. The molecule has 0 unspecified atom stereocenters. The lowest BCUT2D eigenvalue weighted by Crippen LogP contribution is -2.45. The first-order valence-electron chi connectivity index (χ1n) is 9.23. The molecule has 7 heteroatoms. The number of amides is 1. The Balaban J connectivity index is 1.49. The summed E-state index contributed by atoms with van der Waals surface area (Å²) in [5.41, 5.74) is 1.19. The molecule has 2 aromatic rings. The van der Waals surface area contributed by atoms with Crippen molar-refractivity contribution in [3.05, 3.63) is 46.8 Å². The second-order valence-corrected chi connectivity index (χ2v) is 7.06. The van der Waals surface area contributed by atoms with Crippen molar-refractivity contribution in [1.82, 2.24) is 15.4 Å². The third-order valence-electron chi connectivity index (χ3n) is 5.26. The Morgan fingerprint density at radius 2 is 2.11 bits per heavy atom. The minimum Gasteiger partial charge on any atom is -0.497 e. The molecule has 0 radical (unpaired) electrons. The number of aryl methyl sites for hydroxylation is 2. The van der Waals surface area contributed by atoms with Gasteiger partial charge in [-0.25, -0.2) is 0 Å². The summed E-state index contributed by atoms with van der Waals surface area (Å²) >= 11 is 0. The number of carbonyl (C=O) groups is 1. The molecule has 1 amide bonds. The summed E-state index contributed by atoms with van der Waals surface area (Å²) in [5.74, 6) is 1.13. The molecule has 0 bridgehead atoms. The number of aliphatic hydroxyl groups is 1. The highest BCUT2D eigenvalue weighted by atomic mass is 16.5. The van der Waals surface area contributed by atoms with Crippen molar-refractivity contribution in [2.45, 2.75) is 32.3 Å². The van der Waals surface area contributed by atoms with Crippen LogP contribution in [0, 0.1) is 13.8 Å². The first kappa shape index (κ1) is 19.4. The van der Waals surface area contributed by atoms with Crippen LogP contribution in [-0.4, -0.2) is 54.4 Å². The van der Waals surface area contributed by atoms with E-state index in [2.05, 4.69) is 15.4 Å². The molecule has 3 rings (SSSR count).